The van der Waals surface area contributed by atoms with Crippen LogP contribution < -0.4 is 5.73 Å². The highest BCUT2D eigenvalue weighted by atomic mass is 16.2. The van der Waals surface area contributed by atoms with Gasteiger partial charge in [0.2, 0.25) is 5.91 Å². The highest BCUT2D eigenvalue weighted by Gasteiger charge is 2.37. The van der Waals surface area contributed by atoms with Crippen LogP contribution >= 0.6 is 0 Å². The van der Waals surface area contributed by atoms with Crippen molar-refractivity contribution in [3.8, 4) is 0 Å². The molecule has 0 aromatic carbocycles. The van der Waals surface area contributed by atoms with Gasteiger partial charge in [-0.25, -0.2) is 0 Å². The van der Waals surface area contributed by atoms with Gasteiger partial charge in [0.1, 0.15) is 0 Å². The highest BCUT2D eigenvalue weighted by Crippen LogP contribution is 2.31. The Kier molecular flexibility index (Phi) is 3.29. The van der Waals surface area contributed by atoms with Gasteiger partial charge in [-0.15, -0.1) is 0 Å². The predicted molar refractivity (Wildman–Crippen MR) is 60.3 cm³/mol. The summed E-state index contributed by atoms with van der Waals surface area (Å²) in [4.78, 5) is 14.3. The monoisotopic (exact) mass is 210 g/mol. The molecule has 2 aliphatic rings. The van der Waals surface area contributed by atoms with Crippen LogP contribution in [0.4, 0.5) is 0 Å². The molecule has 0 radical (unpaired) electrons. The molecule has 0 bridgehead atoms. The van der Waals surface area contributed by atoms with Crippen LogP contribution in [0.25, 0.3) is 0 Å². The lowest BCUT2D eigenvalue weighted by molar-refractivity contribution is -0.137. The van der Waals surface area contributed by atoms with Gasteiger partial charge >= 0.3 is 0 Å². The van der Waals surface area contributed by atoms with Crippen molar-refractivity contribution in [3.05, 3.63) is 0 Å². The minimum absolute atomic E-state index is 0.110. The molecule has 0 aliphatic heterocycles. The summed E-state index contributed by atoms with van der Waals surface area (Å²) in [5.74, 6) is 0.437. The van der Waals surface area contributed by atoms with Crippen LogP contribution in [0, 0.1) is 5.92 Å². The molecule has 2 aliphatic carbocycles. The molecule has 0 spiro atoms. The maximum atomic E-state index is 12.3. The smallest absolute Gasteiger partial charge is 0.227 e. The number of carbonyl (C=O) groups excluding carboxylic acids is 1. The second-order valence-electron chi connectivity index (χ2n) is 4.91. The van der Waals surface area contributed by atoms with Crippen LogP contribution in [-0.2, 0) is 4.79 Å². The van der Waals surface area contributed by atoms with E-state index in [0.717, 1.165) is 19.4 Å². The zero-order chi connectivity index (χ0) is 10.8. The topological polar surface area (TPSA) is 46.3 Å². The van der Waals surface area contributed by atoms with E-state index >= 15 is 0 Å². The summed E-state index contributed by atoms with van der Waals surface area (Å²) in [6.45, 7) is 2.93. The molecular weight excluding hydrogens is 188 g/mol. The van der Waals surface area contributed by atoms with Crippen LogP contribution in [0.5, 0.6) is 0 Å². The zero-order valence-corrected chi connectivity index (χ0v) is 9.61. The number of rotatable bonds is 3. The maximum Gasteiger partial charge on any atom is 0.227 e. The van der Waals surface area contributed by atoms with Crippen LogP contribution in [0.1, 0.15) is 45.4 Å². The number of nitrogens with zero attached hydrogens (tertiary/aromatic N) is 1. The van der Waals surface area contributed by atoms with Gasteiger partial charge in [-0.1, -0.05) is 12.8 Å². The lowest BCUT2D eigenvalue weighted by Crippen LogP contribution is -2.46. The van der Waals surface area contributed by atoms with Crippen molar-refractivity contribution in [2.75, 3.05) is 6.54 Å². The summed E-state index contributed by atoms with van der Waals surface area (Å²) in [6, 6.07) is 0.649. The second-order valence-corrected chi connectivity index (χ2v) is 4.91. The van der Waals surface area contributed by atoms with Gasteiger partial charge in [0.25, 0.3) is 0 Å². The number of nitrogens with two attached hydrogens (primary N) is 1. The Morgan fingerprint density at radius 2 is 1.93 bits per heavy atom. The molecule has 15 heavy (non-hydrogen) atoms. The van der Waals surface area contributed by atoms with E-state index in [-0.39, 0.29) is 12.0 Å². The molecule has 3 heteroatoms. The van der Waals surface area contributed by atoms with Gasteiger partial charge in [0.05, 0.1) is 5.92 Å². The molecule has 1 amide bonds. The fourth-order valence-corrected chi connectivity index (χ4v) is 2.66. The quantitative estimate of drug-likeness (QED) is 0.767. The first-order valence-corrected chi connectivity index (χ1v) is 6.30. The molecule has 3 nitrogen and oxygen atoms in total. The molecule has 2 fully saturated rings. The third-order valence-corrected chi connectivity index (χ3v) is 3.75. The molecule has 2 unspecified atom stereocenters. The average molecular weight is 210 g/mol. The summed E-state index contributed by atoms with van der Waals surface area (Å²) < 4.78 is 0. The largest absolute Gasteiger partial charge is 0.340 e. The summed E-state index contributed by atoms with van der Waals surface area (Å²) in [5, 5.41) is 0. The lowest BCUT2D eigenvalue weighted by Gasteiger charge is -2.32. The molecule has 86 valence electrons. The summed E-state index contributed by atoms with van der Waals surface area (Å²) in [7, 11) is 0. The molecule has 2 atom stereocenters. The predicted octanol–water partition coefficient (Wildman–Crippen LogP) is 1.51. The molecule has 0 aromatic heterocycles. The minimum atomic E-state index is 0.110. The minimum Gasteiger partial charge on any atom is -0.340 e. The molecule has 0 saturated heterocycles. The van der Waals surface area contributed by atoms with Crippen molar-refractivity contribution in [1.29, 1.82) is 0 Å². The first kappa shape index (κ1) is 10.9. The standard InChI is InChI=1S/C12H22N2O/c1-2-14(9-7-8-9)12(15)10-5-3-4-6-11(10)13/h9-11H,2-8,13H2,1H3. The molecule has 0 aromatic rings. The van der Waals surface area contributed by atoms with E-state index in [1.54, 1.807) is 0 Å². The first-order valence-electron chi connectivity index (χ1n) is 6.30. The average Bonchev–Trinajstić information content (AvgIpc) is 3.03. The van der Waals surface area contributed by atoms with Crippen LogP contribution in [0.2, 0.25) is 0 Å². The highest BCUT2D eigenvalue weighted by molar-refractivity contribution is 5.80. The Balaban J connectivity index is 1.97. The summed E-state index contributed by atoms with van der Waals surface area (Å²) in [5.41, 5.74) is 6.05. The Morgan fingerprint density at radius 3 is 2.47 bits per heavy atom. The number of hydrogen-bond donors (Lipinski definition) is 1. The van der Waals surface area contributed by atoms with Crippen LogP contribution in [0.15, 0.2) is 0 Å². The Bertz CT molecular complexity index is 238. The third-order valence-electron chi connectivity index (χ3n) is 3.75. The SMILES string of the molecule is CCN(C(=O)C1CCCCC1N)C1CC1. The van der Waals surface area contributed by atoms with Crippen LogP contribution in [-0.4, -0.2) is 29.4 Å². The van der Waals surface area contributed by atoms with E-state index in [0.29, 0.717) is 11.9 Å². The first-order chi connectivity index (χ1) is 7.24. The van der Waals surface area contributed by atoms with E-state index in [2.05, 4.69) is 11.8 Å². The molecule has 2 N–H and O–H groups in total. The van der Waals surface area contributed by atoms with Gasteiger partial charge in [-0.3, -0.25) is 4.79 Å². The van der Waals surface area contributed by atoms with Gasteiger partial charge in [0, 0.05) is 18.6 Å². The normalized spacial score (nSPS) is 31.3. The van der Waals surface area contributed by atoms with Gasteiger partial charge in [-0.2, -0.15) is 0 Å². The van der Waals surface area contributed by atoms with E-state index in [4.69, 9.17) is 5.73 Å². The van der Waals surface area contributed by atoms with Crippen molar-refractivity contribution in [3.63, 3.8) is 0 Å². The van der Waals surface area contributed by atoms with E-state index in [9.17, 15) is 4.79 Å². The summed E-state index contributed by atoms with van der Waals surface area (Å²) in [6.07, 6.45) is 6.79. The van der Waals surface area contributed by atoms with Gasteiger partial charge in [0.15, 0.2) is 0 Å². The van der Waals surface area contributed by atoms with E-state index < -0.39 is 0 Å². The van der Waals surface area contributed by atoms with Crippen LogP contribution in [0.3, 0.4) is 0 Å². The Labute approximate surface area is 92.0 Å². The lowest BCUT2D eigenvalue weighted by atomic mass is 9.84. The zero-order valence-electron chi connectivity index (χ0n) is 9.61. The third kappa shape index (κ3) is 2.33. The van der Waals surface area contributed by atoms with Crippen molar-refractivity contribution >= 4 is 5.91 Å². The van der Waals surface area contributed by atoms with Crippen molar-refractivity contribution in [2.24, 2.45) is 11.7 Å². The van der Waals surface area contributed by atoms with Crippen molar-refractivity contribution < 1.29 is 4.79 Å². The summed E-state index contributed by atoms with van der Waals surface area (Å²) >= 11 is 0. The fraction of sp³-hybridized carbons (Fsp3) is 0.917. The van der Waals surface area contributed by atoms with E-state index in [1.165, 1.54) is 25.7 Å². The Morgan fingerprint density at radius 1 is 1.27 bits per heavy atom. The van der Waals surface area contributed by atoms with Gasteiger partial charge in [-0.05, 0) is 32.6 Å². The number of amides is 1. The fourth-order valence-electron chi connectivity index (χ4n) is 2.66. The maximum absolute atomic E-state index is 12.3. The molecular formula is C12H22N2O. The molecule has 0 heterocycles. The molecule has 2 saturated carbocycles. The molecule has 2 rings (SSSR count). The van der Waals surface area contributed by atoms with Gasteiger partial charge < -0.3 is 10.6 Å². The van der Waals surface area contributed by atoms with Crippen molar-refractivity contribution in [1.82, 2.24) is 4.90 Å². The number of carbonyl (C=O) groups is 1. The Hall–Kier alpha value is -0.570. The second kappa shape index (κ2) is 4.52. The van der Waals surface area contributed by atoms with Crippen molar-refractivity contribution in [2.45, 2.75) is 57.5 Å². The van der Waals surface area contributed by atoms with E-state index in [1.807, 2.05) is 0 Å². The number of hydrogen-bond acceptors (Lipinski definition) is 2.